The second-order valence-corrected chi connectivity index (χ2v) is 10.0. The van der Waals surface area contributed by atoms with Gasteiger partial charge < -0.3 is 14.8 Å². The number of fused-ring (bicyclic) bond motifs is 1. The lowest BCUT2D eigenvalue weighted by atomic mass is 10.1. The lowest BCUT2D eigenvalue weighted by molar-refractivity contribution is -0.119. The van der Waals surface area contributed by atoms with Gasteiger partial charge in [0.25, 0.3) is 10.0 Å². The highest BCUT2D eigenvalue weighted by atomic mass is 35.5. The van der Waals surface area contributed by atoms with Gasteiger partial charge >= 0.3 is 0 Å². The summed E-state index contributed by atoms with van der Waals surface area (Å²) < 4.78 is 39.1. The molecule has 3 aromatic rings. The van der Waals surface area contributed by atoms with Gasteiger partial charge in [-0.3, -0.25) is 9.10 Å². The first-order valence-electron chi connectivity index (χ1n) is 10.9. The third-order valence-electron chi connectivity index (χ3n) is 5.31. The van der Waals surface area contributed by atoms with Crippen molar-refractivity contribution in [3.63, 3.8) is 0 Å². The van der Waals surface area contributed by atoms with E-state index in [0.717, 1.165) is 16.3 Å². The van der Waals surface area contributed by atoms with Crippen LogP contribution in [0.1, 0.15) is 12.0 Å². The quantitative estimate of drug-likeness (QED) is 0.448. The van der Waals surface area contributed by atoms with Crippen LogP contribution < -0.4 is 19.1 Å². The van der Waals surface area contributed by atoms with E-state index in [1.807, 2.05) is 24.3 Å². The number of hydrogen-bond donors (Lipinski definition) is 1. The smallest absolute Gasteiger partial charge is 0.264 e. The zero-order valence-electron chi connectivity index (χ0n) is 18.4. The van der Waals surface area contributed by atoms with Gasteiger partial charge in [0.05, 0.1) is 10.6 Å². The number of ether oxygens (including phenoxy) is 2. The fourth-order valence-electron chi connectivity index (χ4n) is 3.58. The number of rotatable bonds is 9. The number of nitrogens with zero attached hydrogens (tertiary/aromatic N) is 1. The van der Waals surface area contributed by atoms with Gasteiger partial charge in [0, 0.05) is 17.6 Å². The number of nitrogens with one attached hydrogen (secondary N) is 1. The molecule has 0 saturated carbocycles. The summed E-state index contributed by atoms with van der Waals surface area (Å²) in [5, 5.41) is 3.50. The van der Waals surface area contributed by atoms with Crippen molar-refractivity contribution >= 4 is 33.2 Å². The van der Waals surface area contributed by atoms with Crippen LogP contribution in [-0.4, -0.2) is 40.6 Å². The molecule has 1 aliphatic heterocycles. The first kappa shape index (κ1) is 23.9. The van der Waals surface area contributed by atoms with E-state index in [2.05, 4.69) is 5.32 Å². The topological polar surface area (TPSA) is 84.9 Å². The molecule has 0 radical (unpaired) electrons. The van der Waals surface area contributed by atoms with Crippen molar-refractivity contribution in [2.75, 3.05) is 30.6 Å². The van der Waals surface area contributed by atoms with Crippen LogP contribution >= 0.6 is 11.6 Å². The number of amides is 1. The Hall–Kier alpha value is -3.23. The summed E-state index contributed by atoms with van der Waals surface area (Å²) in [6.07, 6.45) is 1.48. The van der Waals surface area contributed by atoms with Crippen molar-refractivity contribution in [3.05, 3.63) is 83.4 Å². The Kier molecular flexibility index (Phi) is 7.59. The van der Waals surface area contributed by atoms with Gasteiger partial charge in [-0.2, -0.15) is 0 Å². The van der Waals surface area contributed by atoms with Gasteiger partial charge in [-0.15, -0.1) is 0 Å². The molecule has 1 N–H and O–H groups in total. The highest BCUT2D eigenvalue weighted by Crippen LogP contribution is 2.35. The average molecular weight is 501 g/mol. The van der Waals surface area contributed by atoms with Crippen LogP contribution in [0.15, 0.2) is 77.7 Å². The van der Waals surface area contributed by atoms with Crippen molar-refractivity contribution in [2.24, 2.45) is 0 Å². The predicted octanol–water partition coefficient (Wildman–Crippen LogP) is 4.06. The third-order valence-corrected chi connectivity index (χ3v) is 7.35. The van der Waals surface area contributed by atoms with E-state index in [4.69, 9.17) is 21.1 Å². The second kappa shape index (κ2) is 10.8. The van der Waals surface area contributed by atoms with Crippen LogP contribution in [0.3, 0.4) is 0 Å². The Bertz CT molecular complexity index is 1230. The molecule has 0 saturated heterocycles. The third kappa shape index (κ3) is 5.81. The number of carbonyl (C=O) groups is 1. The van der Waals surface area contributed by atoms with Gasteiger partial charge in [-0.25, -0.2) is 8.42 Å². The van der Waals surface area contributed by atoms with E-state index in [-0.39, 0.29) is 11.4 Å². The number of sulfonamides is 1. The lowest BCUT2D eigenvalue weighted by Crippen LogP contribution is -2.41. The summed E-state index contributed by atoms with van der Waals surface area (Å²) in [7, 11) is -3.99. The number of carbonyl (C=O) groups excluding carboxylic acids is 1. The molecule has 34 heavy (non-hydrogen) atoms. The zero-order valence-corrected chi connectivity index (χ0v) is 20.0. The number of hydrogen-bond acceptors (Lipinski definition) is 5. The summed E-state index contributed by atoms with van der Waals surface area (Å²) in [6, 6.07) is 20.4. The van der Waals surface area contributed by atoms with Crippen LogP contribution in [0.5, 0.6) is 11.5 Å². The SMILES string of the molecule is O=C(CN(c1ccc2c(c1)OCCO2)S(=O)(=O)c1ccccc1)NCCCc1ccc(Cl)cc1. The minimum Gasteiger partial charge on any atom is -0.486 e. The van der Waals surface area contributed by atoms with Crippen molar-refractivity contribution in [1.29, 1.82) is 0 Å². The standard InChI is InChI=1S/C25H25ClN2O5S/c26-20-10-8-19(9-11-20)5-4-14-27-25(29)18-28(34(30,31)22-6-2-1-3-7-22)21-12-13-23-24(17-21)33-16-15-32-23/h1-3,6-13,17H,4-5,14-16,18H2,(H,27,29). The number of benzene rings is 3. The molecule has 178 valence electrons. The summed E-state index contributed by atoms with van der Waals surface area (Å²) in [6.45, 7) is 0.854. The Labute approximate surface area is 204 Å². The van der Waals surface area contributed by atoms with Gasteiger partial charge in [0.1, 0.15) is 19.8 Å². The van der Waals surface area contributed by atoms with Gasteiger partial charge in [0.2, 0.25) is 5.91 Å². The molecule has 0 bridgehead atoms. The highest BCUT2D eigenvalue weighted by Gasteiger charge is 2.28. The fraction of sp³-hybridized carbons (Fsp3) is 0.240. The van der Waals surface area contributed by atoms with E-state index >= 15 is 0 Å². The van der Waals surface area contributed by atoms with Gasteiger partial charge in [0.15, 0.2) is 11.5 Å². The van der Waals surface area contributed by atoms with Crippen molar-refractivity contribution in [2.45, 2.75) is 17.7 Å². The van der Waals surface area contributed by atoms with Crippen LogP contribution in [0.2, 0.25) is 5.02 Å². The average Bonchev–Trinajstić information content (AvgIpc) is 2.86. The summed E-state index contributed by atoms with van der Waals surface area (Å²) >= 11 is 5.91. The normalized spacial score (nSPS) is 12.7. The molecule has 1 heterocycles. The summed E-state index contributed by atoms with van der Waals surface area (Å²) in [4.78, 5) is 12.9. The molecular weight excluding hydrogens is 476 g/mol. The Morgan fingerprint density at radius 3 is 2.38 bits per heavy atom. The Balaban J connectivity index is 1.48. The van der Waals surface area contributed by atoms with Gasteiger partial charge in [-0.1, -0.05) is 41.9 Å². The lowest BCUT2D eigenvalue weighted by Gasteiger charge is -2.26. The maximum Gasteiger partial charge on any atom is 0.264 e. The molecule has 0 unspecified atom stereocenters. The molecule has 3 aromatic carbocycles. The molecule has 0 fully saturated rings. The predicted molar refractivity (Wildman–Crippen MR) is 131 cm³/mol. The molecule has 1 aliphatic rings. The minimum atomic E-state index is -3.99. The minimum absolute atomic E-state index is 0.0976. The molecule has 9 heteroatoms. The highest BCUT2D eigenvalue weighted by molar-refractivity contribution is 7.92. The van der Waals surface area contributed by atoms with Crippen molar-refractivity contribution in [1.82, 2.24) is 5.32 Å². The van der Waals surface area contributed by atoms with E-state index < -0.39 is 15.9 Å². The van der Waals surface area contributed by atoms with Gasteiger partial charge in [-0.05, 0) is 54.8 Å². The summed E-state index contributed by atoms with van der Waals surface area (Å²) in [5.74, 6) is 0.588. The summed E-state index contributed by atoms with van der Waals surface area (Å²) in [5.41, 5.74) is 1.44. The molecule has 0 atom stereocenters. The van der Waals surface area contributed by atoms with Crippen LogP contribution in [-0.2, 0) is 21.2 Å². The molecule has 0 spiro atoms. The Morgan fingerprint density at radius 1 is 0.941 bits per heavy atom. The van der Waals surface area contributed by atoms with E-state index in [1.165, 1.54) is 12.1 Å². The Morgan fingerprint density at radius 2 is 1.65 bits per heavy atom. The maximum absolute atomic E-state index is 13.4. The first-order valence-corrected chi connectivity index (χ1v) is 12.7. The molecule has 0 aliphatic carbocycles. The molecule has 4 rings (SSSR count). The monoisotopic (exact) mass is 500 g/mol. The maximum atomic E-state index is 13.4. The number of aryl methyl sites for hydroxylation is 1. The van der Waals surface area contributed by atoms with Crippen LogP contribution in [0.25, 0.3) is 0 Å². The molecule has 0 aromatic heterocycles. The molecule has 7 nitrogen and oxygen atoms in total. The molecular formula is C25H25ClN2O5S. The van der Waals surface area contributed by atoms with E-state index in [0.29, 0.717) is 48.4 Å². The van der Waals surface area contributed by atoms with E-state index in [9.17, 15) is 13.2 Å². The molecule has 1 amide bonds. The van der Waals surface area contributed by atoms with Crippen LogP contribution in [0, 0.1) is 0 Å². The fourth-order valence-corrected chi connectivity index (χ4v) is 5.14. The van der Waals surface area contributed by atoms with E-state index in [1.54, 1.807) is 36.4 Å². The first-order chi connectivity index (χ1) is 16.4. The second-order valence-electron chi connectivity index (χ2n) is 7.73. The van der Waals surface area contributed by atoms with Crippen LogP contribution in [0.4, 0.5) is 5.69 Å². The zero-order chi connectivity index (χ0) is 24.0. The number of anilines is 1. The van der Waals surface area contributed by atoms with Crippen molar-refractivity contribution in [3.8, 4) is 11.5 Å². The number of halogens is 1. The van der Waals surface area contributed by atoms with Crippen molar-refractivity contribution < 1.29 is 22.7 Å². The largest absolute Gasteiger partial charge is 0.486 e.